The molecule has 8 aliphatic heterocycles. The first-order valence-electron chi connectivity index (χ1n) is 41.2. The molecule has 0 radical (unpaired) electrons. The fraction of sp³-hybridized carbons (Fsp3) is 0.473. The number of rotatable bonds is 24. The van der Waals surface area contributed by atoms with E-state index < -0.39 is 17.5 Å². The summed E-state index contributed by atoms with van der Waals surface area (Å²) in [6, 6.07) is 33.1. The summed E-state index contributed by atoms with van der Waals surface area (Å²) in [7, 11) is 0. The number of hydrogen-bond acceptors (Lipinski definition) is 17. The molecule has 678 valence electrons. The first-order chi connectivity index (χ1) is 59.0. The third kappa shape index (κ3) is 50.5. The molecule has 0 N–H and O–H groups in total. The van der Waals surface area contributed by atoms with Crippen molar-refractivity contribution in [3.63, 3.8) is 0 Å². The van der Waals surface area contributed by atoms with Crippen LogP contribution in [0.2, 0.25) is 50.2 Å². The Hall–Kier alpha value is 10.4. The van der Waals surface area contributed by atoms with Crippen LogP contribution in [0.5, 0.6) is 17.2 Å². The van der Waals surface area contributed by atoms with Gasteiger partial charge in [-0.05, 0) is 195 Å². The molecular formula is C93H106Cl10Cs7F3O17. The molecule has 7 saturated heterocycles. The summed E-state index contributed by atoms with van der Waals surface area (Å²) in [5.74, 6) is 4.73. The quantitative estimate of drug-likeness (QED) is 0.0434. The SMILES string of the molecule is CC(OC1C[C@@H](C)[CH-]O1)c1ccc(Cl)cc1.C[C@H]1[CH-]OC(OCc2cc(Cl)c(Cl)cc2Cl)C1.C[C@H]1[CH-]OC(OCc2cc(Cl)c(F)cc2Cl)C1.C[C@H]1[CH-]OC(OCc2cc(F)c(Cl)cc2Cl)C1.C[C@H]1[CH-]OC(OCc2cc(F)c(Cl)cc2Cl)C1.C[C@H]1[CH-]OC(OCc2ccc3c(c2)OCO3)C1.C[C@H]1[CH-]OC(OCc2cccc(OCC3CCCCC3)c2)C1.[Cs+].[Cs+].[Cs+].[Cs+].[Cs+].[Cs+].[Cs+]. The van der Waals surface area contributed by atoms with Crippen molar-refractivity contribution in [3.8, 4) is 17.2 Å². The third-order valence-electron chi connectivity index (χ3n) is 20.4. The molecule has 7 aromatic rings. The summed E-state index contributed by atoms with van der Waals surface area (Å²) < 4.78 is 133. The van der Waals surface area contributed by atoms with Gasteiger partial charge in [0, 0.05) is 25.1 Å². The minimum absolute atomic E-state index is 0. The van der Waals surface area contributed by atoms with E-state index in [-0.39, 0.29) is 567 Å². The van der Waals surface area contributed by atoms with E-state index in [0.717, 1.165) is 102 Å². The summed E-state index contributed by atoms with van der Waals surface area (Å²) in [5, 5.41) is 3.38. The molecule has 15 atom stereocenters. The molecule has 9 aliphatic rings. The Labute approximate surface area is 1230 Å². The molecule has 37 heteroatoms. The van der Waals surface area contributed by atoms with Crippen LogP contribution in [0, 0.1) is 111 Å². The van der Waals surface area contributed by atoms with Gasteiger partial charge >= 0.3 is 482 Å². The van der Waals surface area contributed by atoms with Gasteiger partial charge in [0.2, 0.25) is 6.79 Å². The van der Waals surface area contributed by atoms with Crippen molar-refractivity contribution < 1.29 is 576 Å². The van der Waals surface area contributed by atoms with Crippen molar-refractivity contribution in [2.45, 2.75) is 222 Å². The van der Waals surface area contributed by atoms with E-state index in [4.69, 9.17) is 197 Å². The molecular weight excluding hydrogens is 2730 g/mol. The van der Waals surface area contributed by atoms with Crippen LogP contribution in [0.1, 0.15) is 177 Å². The summed E-state index contributed by atoms with van der Waals surface area (Å²) in [5.41, 5.74) is 5.92. The van der Waals surface area contributed by atoms with Gasteiger partial charge in [-0.15, -0.1) is 41.4 Å². The molecule has 0 amide bonds. The second-order valence-electron chi connectivity index (χ2n) is 31.7. The smallest absolute Gasteiger partial charge is 0.529 e. The van der Waals surface area contributed by atoms with E-state index >= 15 is 0 Å². The van der Waals surface area contributed by atoms with Crippen molar-refractivity contribution >= 4 is 116 Å². The predicted molar refractivity (Wildman–Crippen MR) is 472 cm³/mol. The molecule has 8 unspecified atom stereocenters. The van der Waals surface area contributed by atoms with Crippen molar-refractivity contribution in [2.24, 2.45) is 47.3 Å². The van der Waals surface area contributed by atoms with Gasteiger partial charge in [0.05, 0.1) is 77.5 Å². The van der Waals surface area contributed by atoms with Crippen LogP contribution in [0.3, 0.4) is 0 Å². The van der Waals surface area contributed by atoms with Crippen LogP contribution >= 0.6 is 116 Å². The van der Waals surface area contributed by atoms with E-state index in [2.05, 4.69) is 39.8 Å². The van der Waals surface area contributed by atoms with Gasteiger partial charge in [-0.3, -0.25) is 0 Å². The first-order valence-corrected chi connectivity index (χ1v) is 44.9. The zero-order chi connectivity index (χ0) is 88.1. The molecule has 0 aromatic heterocycles. The first kappa shape index (κ1) is 135. The largest absolute Gasteiger partial charge is 1.00 e. The fourth-order valence-corrected chi connectivity index (χ4v) is 15.4. The average Bonchev–Trinajstić information content (AvgIpc) is 1.74. The average molecular weight is 2840 g/mol. The van der Waals surface area contributed by atoms with Crippen LogP contribution in [0.15, 0.2) is 115 Å². The van der Waals surface area contributed by atoms with E-state index in [1.165, 1.54) is 68.5 Å². The number of ether oxygens (including phenoxy) is 17. The number of halogens is 13. The second kappa shape index (κ2) is 73.7. The fourth-order valence-electron chi connectivity index (χ4n) is 13.4. The third-order valence-corrected chi connectivity index (χ3v) is 23.6. The van der Waals surface area contributed by atoms with Crippen LogP contribution in [0.4, 0.5) is 13.2 Å². The topological polar surface area (TPSA) is 157 Å². The molecule has 16 rings (SSSR count). The summed E-state index contributed by atoms with van der Waals surface area (Å²) in [4.78, 5) is 0. The Kier molecular flexibility index (Phi) is 76.3. The van der Waals surface area contributed by atoms with Gasteiger partial charge in [0.15, 0.2) is 11.5 Å². The molecule has 8 fully saturated rings. The Morgan fingerprint density at radius 3 is 1.07 bits per heavy atom. The zero-order valence-electron chi connectivity index (χ0n) is 76.7. The zero-order valence-corrected chi connectivity index (χ0v) is 128. The normalized spacial score (nSPS) is 23.9. The molecule has 17 nitrogen and oxygen atoms in total. The van der Waals surface area contributed by atoms with E-state index in [0.29, 0.717) is 115 Å². The van der Waals surface area contributed by atoms with Crippen LogP contribution in [-0.2, 0) is 106 Å². The van der Waals surface area contributed by atoms with Gasteiger partial charge in [-0.25, -0.2) is 59.4 Å². The van der Waals surface area contributed by atoms with Gasteiger partial charge in [0.25, 0.3) is 0 Å². The van der Waals surface area contributed by atoms with Crippen molar-refractivity contribution in [1.29, 1.82) is 0 Å². The number of fused-ring (bicyclic) bond motifs is 1. The molecule has 7 aromatic carbocycles. The standard InChI is InChI=1S/C19H27O3.C13H16ClO2.C13H15O4.C12H12Cl3O2.3C12H12Cl2FO2.7Cs/c1-15-10-19(21-12-15)22-14-17-8-5-9-18(11-17)20-13-16-6-3-2-4-7-16;1-9-7-13(15-8-9)16-10(2)11-3-5-12(14)6-4-11;1-9-4-13(14-6-9)15-7-10-2-3-11-12(5-10)17-8-16-11;1-7-2-12(16-5-7)17-6-8-3-10(14)11(15)4-9(8)13;2*1-7-2-12(16-5-7)17-6-8-3-11(15)10(14)4-9(8)13;1-7-2-12(16-5-7)17-6-8-3-10(14)11(15)4-9(8)13;;;;;;;/h5,8-9,11-12,15-16,19H,2-4,6-7,10,13-14H2,1H3;3-6,8-10,13H,7H2,1-2H3;2-3,5-6,9,13H,4,7-8H2,1H3;4*3-5,7,12H,2,6H2,1H3;;;;;;;/q7*-1;7*+1/t15-,19?;9-,10?,13?;9-,13?;4*7-,12?;;;;;;;/m1111111......./s1. The van der Waals surface area contributed by atoms with Crippen LogP contribution < -0.4 is 496 Å². The molecule has 8 heterocycles. The Morgan fingerprint density at radius 1 is 0.338 bits per heavy atom. The van der Waals surface area contributed by atoms with Crippen molar-refractivity contribution in [1.82, 2.24) is 0 Å². The summed E-state index contributed by atoms with van der Waals surface area (Å²) in [6.07, 6.45) is 11.5. The van der Waals surface area contributed by atoms with Gasteiger partial charge in [-0.1, -0.05) is 214 Å². The monoisotopic (exact) mass is 2830 g/mol. The van der Waals surface area contributed by atoms with E-state index in [9.17, 15) is 13.2 Å². The maximum absolute atomic E-state index is 13.2. The Morgan fingerprint density at radius 2 is 0.669 bits per heavy atom. The van der Waals surface area contributed by atoms with Crippen molar-refractivity contribution in [2.75, 3.05) is 13.4 Å². The molecule has 130 heavy (non-hydrogen) atoms. The molecule has 1 aliphatic carbocycles. The van der Waals surface area contributed by atoms with E-state index in [1.807, 2.05) is 102 Å². The van der Waals surface area contributed by atoms with Gasteiger partial charge in [0.1, 0.15) is 67.2 Å². The molecule has 1 saturated carbocycles. The van der Waals surface area contributed by atoms with Crippen LogP contribution in [0.25, 0.3) is 0 Å². The summed E-state index contributed by atoms with van der Waals surface area (Å²) in [6.45, 7) is 32.5. The summed E-state index contributed by atoms with van der Waals surface area (Å²) >= 11 is 58.3. The second-order valence-corrected chi connectivity index (χ2v) is 35.8. The minimum Gasteiger partial charge on any atom is -0.529 e. The maximum Gasteiger partial charge on any atom is 1.00 e. The Balaban J connectivity index is 0.000000388. The minimum atomic E-state index is -0.528. The molecule has 0 spiro atoms. The number of hydrogen-bond donors (Lipinski definition) is 0. The molecule has 0 bridgehead atoms. The van der Waals surface area contributed by atoms with Gasteiger partial charge in [-0.2, -0.15) is 0 Å². The maximum atomic E-state index is 13.2. The Bertz CT molecular complexity index is 4080. The van der Waals surface area contributed by atoms with Crippen molar-refractivity contribution in [3.05, 3.63) is 268 Å². The van der Waals surface area contributed by atoms with Gasteiger partial charge < -0.3 is 80.5 Å². The number of benzene rings is 7. The predicted octanol–water partition coefficient (Wildman–Crippen LogP) is 7.46. The van der Waals surface area contributed by atoms with E-state index in [1.54, 1.807) is 38.6 Å². The van der Waals surface area contributed by atoms with Crippen LogP contribution in [-0.4, -0.2) is 57.4 Å².